The highest BCUT2D eigenvalue weighted by molar-refractivity contribution is 6.32. The zero-order valence-corrected chi connectivity index (χ0v) is 11.9. The molecule has 2 rings (SSSR count). The zero-order valence-electron chi connectivity index (χ0n) is 11.2. The van der Waals surface area contributed by atoms with Crippen LogP contribution in [0.4, 0.5) is 10.5 Å². The van der Waals surface area contributed by atoms with Gasteiger partial charge in [-0.1, -0.05) is 35.9 Å². The lowest BCUT2D eigenvalue weighted by Gasteiger charge is -2.09. The molecule has 20 heavy (non-hydrogen) atoms. The molecule has 2 amide bonds. The third-order valence-corrected chi connectivity index (χ3v) is 3.25. The molecule has 0 saturated carbocycles. The van der Waals surface area contributed by atoms with E-state index < -0.39 is 0 Å². The Morgan fingerprint density at radius 2 is 2.05 bits per heavy atom. The number of hydrogen-bond acceptors (Lipinski definition) is 2. The SMILES string of the molecule is Cc1ccccc1CCNC(=O)Nc1cccnc1Cl. The Morgan fingerprint density at radius 3 is 2.80 bits per heavy atom. The molecule has 1 heterocycles. The predicted molar refractivity (Wildman–Crippen MR) is 81.2 cm³/mol. The van der Waals surface area contributed by atoms with Gasteiger partial charge in [0.15, 0.2) is 5.15 Å². The van der Waals surface area contributed by atoms with E-state index in [2.05, 4.69) is 34.7 Å². The van der Waals surface area contributed by atoms with Gasteiger partial charge in [0, 0.05) is 12.7 Å². The molecule has 0 radical (unpaired) electrons. The first-order valence-corrected chi connectivity index (χ1v) is 6.74. The number of aryl methyl sites for hydroxylation is 1. The van der Waals surface area contributed by atoms with Crippen LogP contribution in [0.15, 0.2) is 42.6 Å². The van der Waals surface area contributed by atoms with Gasteiger partial charge >= 0.3 is 6.03 Å². The number of benzene rings is 1. The number of pyridine rings is 1. The van der Waals surface area contributed by atoms with Gasteiger partial charge in [0.1, 0.15) is 0 Å². The monoisotopic (exact) mass is 289 g/mol. The average molecular weight is 290 g/mol. The van der Waals surface area contributed by atoms with E-state index in [-0.39, 0.29) is 11.2 Å². The van der Waals surface area contributed by atoms with E-state index >= 15 is 0 Å². The Balaban J connectivity index is 1.82. The number of nitrogens with one attached hydrogen (secondary N) is 2. The number of amides is 2. The summed E-state index contributed by atoms with van der Waals surface area (Å²) in [6.07, 6.45) is 2.37. The van der Waals surface area contributed by atoms with Crippen molar-refractivity contribution in [1.82, 2.24) is 10.3 Å². The number of aromatic nitrogens is 1. The van der Waals surface area contributed by atoms with Gasteiger partial charge in [-0.3, -0.25) is 0 Å². The van der Waals surface area contributed by atoms with Crippen LogP contribution in [0.5, 0.6) is 0 Å². The minimum absolute atomic E-state index is 0.279. The highest BCUT2D eigenvalue weighted by Gasteiger charge is 2.05. The van der Waals surface area contributed by atoms with Crippen molar-refractivity contribution < 1.29 is 4.79 Å². The smallest absolute Gasteiger partial charge is 0.319 e. The Morgan fingerprint density at radius 1 is 1.25 bits per heavy atom. The molecule has 0 aliphatic rings. The molecule has 0 saturated heterocycles. The maximum Gasteiger partial charge on any atom is 0.319 e. The second-order valence-electron chi connectivity index (χ2n) is 4.40. The van der Waals surface area contributed by atoms with Crippen molar-refractivity contribution in [2.75, 3.05) is 11.9 Å². The first-order chi connectivity index (χ1) is 9.66. The van der Waals surface area contributed by atoms with Gasteiger partial charge in [0.05, 0.1) is 5.69 Å². The fourth-order valence-electron chi connectivity index (χ4n) is 1.85. The van der Waals surface area contributed by atoms with Gasteiger partial charge in [-0.05, 0) is 36.6 Å². The molecule has 0 fully saturated rings. The zero-order chi connectivity index (χ0) is 14.4. The van der Waals surface area contributed by atoms with Gasteiger partial charge in [-0.15, -0.1) is 0 Å². The maximum absolute atomic E-state index is 11.7. The lowest BCUT2D eigenvalue weighted by Crippen LogP contribution is -2.30. The van der Waals surface area contributed by atoms with Crippen molar-refractivity contribution >= 4 is 23.3 Å². The average Bonchev–Trinajstić information content (AvgIpc) is 2.43. The molecule has 5 heteroatoms. The Bertz CT molecular complexity index is 601. The van der Waals surface area contributed by atoms with E-state index in [1.807, 2.05) is 12.1 Å². The first-order valence-electron chi connectivity index (χ1n) is 6.36. The summed E-state index contributed by atoms with van der Waals surface area (Å²) in [4.78, 5) is 15.6. The largest absolute Gasteiger partial charge is 0.338 e. The molecule has 2 aromatic rings. The van der Waals surface area contributed by atoms with Crippen LogP contribution in [0.3, 0.4) is 0 Å². The molecule has 104 valence electrons. The van der Waals surface area contributed by atoms with E-state index in [9.17, 15) is 4.79 Å². The van der Waals surface area contributed by atoms with Crippen molar-refractivity contribution in [1.29, 1.82) is 0 Å². The van der Waals surface area contributed by atoms with Crippen molar-refractivity contribution in [3.8, 4) is 0 Å². The fraction of sp³-hybridized carbons (Fsp3) is 0.200. The Labute approximate surface area is 123 Å². The summed E-state index contributed by atoms with van der Waals surface area (Å²) >= 11 is 5.87. The second-order valence-corrected chi connectivity index (χ2v) is 4.76. The quantitative estimate of drug-likeness (QED) is 0.848. The maximum atomic E-state index is 11.7. The molecule has 0 aliphatic heterocycles. The molecule has 2 N–H and O–H groups in total. The first kappa shape index (κ1) is 14.3. The van der Waals surface area contributed by atoms with Crippen LogP contribution in [0.2, 0.25) is 5.15 Å². The minimum atomic E-state index is -0.284. The van der Waals surface area contributed by atoms with E-state index in [1.54, 1.807) is 18.3 Å². The molecule has 0 aliphatic carbocycles. The van der Waals surface area contributed by atoms with Gasteiger partial charge < -0.3 is 10.6 Å². The Kier molecular flexibility index (Phi) is 4.96. The van der Waals surface area contributed by atoms with Gasteiger partial charge in [0.2, 0.25) is 0 Å². The molecule has 1 aromatic heterocycles. The number of anilines is 1. The lowest BCUT2D eigenvalue weighted by molar-refractivity contribution is 0.252. The van der Waals surface area contributed by atoms with Crippen molar-refractivity contribution in [2.45, 2.75) is 13.3 Å². The minimum Gasteiger partial charge on any atom is -0.338 e. The van der Waals surface area contributed by atoms with Crippen LogP contribution in [0, 0.1) is 6.92 Å². The fourth-order valence-corrected chi connectivity index (χ4v) is 2.01. The van der Waals surface area contributed by atoms with E-state index in [0.717, 1.165) is 6.42 Å². The summed E-state index contributed by atoms with van der Waals surface area (Å²) < 4.78 is 0. The molecular formula is C15H16ClN3O. The van der Waals surface area contributed by atoms with Crippen molar-refractivity contribution in [2.24, 2.45) is 0 Å². The highest BCUT2D eigenvalue weighted by Crippen LogP contribution is 2.16. The molecule has 0 bridgehead atoms. The molecule has 0 unspecified atom stereocenters. The van der Waals surface area contributed by atoms with Crippen molar-refractivity contribution in [3.63, 3.8) is 0 Å². The number of rotatable bonds is 4. The Hall–Kier alpha value is -2.07. The third-order valence-electron chi connectivity index (χ3n) is 2.95. The highest BCUT2D eigenvalue weighted by atomic mass is 35.5. The van der Waals surface area contributed by atoms with E-state index in [0.29, 0.717) is 12.2 Å². The predicted octanol–water partition coefficient (Wildman–Crippen LogP) is 3.41. The number of carbonyl (C=O) groups is 1. The van der Waals surface area contributed by atoms with Crippen LogP contribution < -0.4 is 10.6 Å². The summed E-state index contributed by atoms with van der Waals surface area (Å²) in [5, 5.41) is 5.74. The van der Waals surface area contributed by atoms with Crippen LogP contribution in [0.25, 0.3) is 0 Å². The number of hydrogen-bond donors (Lipinski definition) is 2. The van der Waals surface area contributed by atoms with E-state index in [4.69, 9.17) is 11.6 Å². The van der Waals surface area contributed by atoms with Gasteiger partial charge in [-0.25, -0.2) is 9.78 Å². The normalized spacial score (nSPS) is 10.1. The molecule has 0 atom stereocenters. The standard InChI is InChI=1S/C15H16ClN3O/c1-11-5-2-3-6-12(11)8-10-18-15(20)19-13-7-4-9-17-14(13)16/h2-7,9H,8,10H2,1H3,(H2,18,19,20). The van der Waals surface area contributed by atoms with Crippen LogP contribution in [-0.4, -0.2) is 17.6 Å². The topological polar surface area (TPSA) is 54.0 Å². The number of urea groups is 1. The second kappa shape index (κ2) is 6.91. The number of carbonyl (C=O) groups excluding carboxylic acids is 1. The van der Waals surface area contributed by atoms with E-state index in [1.165, 1.54) is 11.1 Å². The summed E-state index contributed by atoms with van der Waals surface area (Å²) in [7, 11) is 0. The van der Waals surface area contributed by atoms with Crippen LogP contribution in [0.1, 0.15) is 11.1 Å². The van der Waals surface area contributed by atoms with Gasteiger partial charge in [-0.2, -0.15) is 0 Å². The third kappa shape index (κ3) is 3.96. The molecule has 4 nitrogen and oxygen atoms in total. The summed E-state index contributed by atoms with van der Waals surface area (Å²) in [6.45, 7) is 2.62. The molecule has 1 aromatic carbocycles. The number of halogens is 1. The summed E-state index contributed by atoms with van der Waals surface area (Å²) in [5.41, 5.74) is 2.96. The van der Waals surface area contributed by atoms with Crippen LogP contribution >= 0.6 is 11.6 Å². The van der Waals surface area contributed by atoms with Gasteiger partial charge in [0.25, 0.3) is 0 Å². The summed E-state index contributed by atoms with van der Waals surface area (Å²) in [6, 6.07) is 11.3. The lowest BCUT2D eigenvalue weighted by atomic mass is 10.1. The van der Waals surface area contributed by atoms with Crippen molar-refractivity contribution in [3.05, 3.63) is 58.9 Å². The number of nitrogens with zero attached hydrogens (tertiary/aromatic N) is 1. The van der Waals surface area contributed by atoms with Crippen LogP contribution in [-0.2, 0) is 6.42 Å². The summed E-state index contributed by atoms with van der Waals surface area (Å²) in [5.74, 6) is 0. The molecule has 0 spiro atoms. The molecular weight excluding hydrogens is 274 g/mol.